The Kier molecular flexibility index (Phi) is 5.24. The lowest BCUT2D eigenvalue weighted by Crippen LogP contribution is -2.49. The maximum absolute atomic E-state index is 5.89. The summed E-state index contributed by atoms with van der Waals surface area (Å²) in [5.41, 5.74) is 0.859. The number of hydrogen-bond acceptors (Lipinski definition) is 5. The monoisotopic (exact) mass is 265 g/mol. The summed E-state index contributed by atoms with van der Waals surface area (Å²) in [4.78, 5) is 8.27. The Morgan fingerprint density at radius 2 is 2.05 bits per heavy atom. The molecule has 1 aliphatic rings. The molecule has 2 rings (SSSR count). The van der Waals surface area contributed by atoms with Crippen LogP contribution < -0.4 is 5.32 Å². The van der Waals surface area contributed by atoms with Crippen molar-refractivity contribution in [3.8, 4) is 0 Å². The van der Waals surface area contributed by atoms with Crippen molar-refractivity contribution in [2.75, 3.05) is 26.9 Å². The average Bonchev–Trinajstić information content (AvgIpc) is 2.49. The third-order valence-electron chi connectivity index (χ3n) is 3.78. The molecule has 5 heteroatoms. The van der Waals surface area contributed by atoms with Gasteiger partial charge in [0.05, 0.1) is 11.6 Å². The molecule has 1 saturated heterocycles. The molecule has 2 heterocycles. The van der Waals surface area contributed by atoms with Crippen molar-refractivity contribution < 1.29 is 9.47 Å². The Bertz CT molecular complexity index is 366. The zero-order valence-electron chi connectivity index (χ0n) is 11.8. The van der Waals surface area contributed by atoms with Crippen molar-refractivity contribution in [3.05, 3.63) is 24.3 Å². The summed E-state index contributed by atoms with van der Waals surface area (Å²) in [5, 5.41) is 3.59. The van der Waals surface area contributed by atoms with Gasteiger partial charge in [-0.3, -0.25) is 0 Å². The summed E-state index contributed by atoms with van der Waals surface area (Å²) in [6.45, 7) is 4.60. The third kappa shape index (κ3) is 3.29. The maximum atomic E-state index is 5.89. The van der Waals surface area contributed by atoms with E-state index in [1.165, 1.54) is 0 Å². The van der Waals surface area contributed by atoms with Crippen molar-refractivity contribution in [1.82, 2.24) is 15.3 Å². The van der Waals surface area contributed by atoms with Crippen LogP contribution in [0.3, 0.4) is 0 Å². The molecule has 1 aliphatic heterocycles. The molecule has 0 aromatic carbocycles. The standard InChI is InChI=1S/C14H23N3O2/c1-3-6-17-13(12-9-15-11-16-10-12)14(18-2)4-7-19-8-5-14/h9-11,13,17H,3-8H2,1-2H3. The van der Waals surface area contributed by atoms with Gasteiger partial charge in [-0.05, 0) is 13.0 Å². The topological polar surface area (TPSA) is 56.3 Å². The minimum atomic E-state index is -0.224. The smallest absolute Gasteiger partial charge is 0.115 e. The molecule has 1 aromatic rings. The van der Waals surface area contributed by atoms with Crippen molar-refractivity contribution >= 4 is 0 Å². The second kappa shape index (κ2) is 6.93. The highest BCUT2D eigenvalue weighted by molar-refractivity contribution is 5.16. The van der Waals surface area contributed by atoms with Crippen LogP contribution in [0.5, 0.6) is 0 Å². The quantitative estimate of drug-likeness (QED) is 0.848. The minimum Gasteiger partial charge on any atom is -0.381 e. The van der Waals surface area contributed by atoms with E-state index in [1.54, 1.807) is 13.4 Å². The zero-order valence-corrected chi connectivity index (χ0v) is 11.8. The molecule has 106 valence electrons. The number of methoxy groups -OCH3 is 1. The van der Waals surface area contributed by atoms with Gasteiger partial charge in [-0.1, -0.05) is 6.92 Å². The molecule has 1 aromatic heterocycles. The Morgan fingerprint density at radius 1 is 1.37 bits per heavy atom. The molecule has 0 radical (unpaired) electrons. The van der Waals surface area contributed by atoms with E-state index in [2.05, 4.69) is 22.2 Å². The molecule has 5 nitrogen and oxygen atoms in total. The lowest BCUT2D eigenvalue weighted by molar-refractivity contribution is -0.111. The fourth-order valence-electron chi connectivity index (χ4n) is 2.68. The van der Waals surface area contributed by atoms with Gasteiger partial charge in [-0.15, -0.1) is 0 Å². The Morgan fingerprint density at radius 3 is 2.63 bits per heavy atom. The van der Waals surface area contributed by atoms with E-state index in [0.717, 1.165) is 44.6 Å². The van der Waals surface area contributed by atoms with Crippen LogP contribution in [0.15, 0.2) is 18.7 Å². The fourth-order valence-corrected chi connectivity index (χ4v) is 2.68. The van der Waals surface area contributed by atoms with Gasteiger partial charge in [-0.25, -0.2) is 9.97 Å². The lowest BCUT2D eigenvalue weighted by atomic mass is 9.83. The van der Waals surface area contributed by atoms with Crippen LogP contribution in [0.4, 0.5) is 0 Å². The van der Waals surface area contributed by atoms with E-state index < -0.39 is 0 Å². The number of nitrogens with zero attached hydrogens (tertiary/aromatic N) is 2. The van der Waals surface area contributed by atoms with E-state index in [1.807, 2.05) is 12.4 Å². The summed E-state index contributed by atoms with van der Waals surface area (Å²) >= 11 is 0. The lowest BCUT2D eigenvalue weighted by Gasteiger charge is -2.42. The third-order valence-corrected chi connectivity index (χ3v) is 3.78. The summed E-state index contributed by atoms with van der Waals surface area (Å²) in [5.74, 6) is 0. The van der Waals surface area contributed by atoms with E-state index >= 15 is 0 Å². The number of rotatable bonds is 6. The van der Waals surface area contributed by atoms with Gasteiger partial charge in [0, 0.05) is 51.1 Å². The van der Waals surface area contributed by atoms with Crippen LogP contribution in [0.2, 0.25) is 0 Å². The van der Waals surface area contributed by atoms with Crippen LogP contribution in [0, 0.1) is 0 Å². The Labute approximate surface area is 114 Å². The molecule has 1 N–H and O–H groups in total. The molecule has 0 bridgehead atoms. The minimum absolute atomic E-state index is 0.113. The largest absolute Gasteiger partial charge is 0.381 e. The highest BCUT2D eigenvalue weighted by Crippen LogP contribution is 2.36. The SMILES string of the molecule is CCCNC(c1cncnc1)C1(OC)CCOCC1. The van der Waals surface area contributed by atoms with E-state index in [9.17, 15) is 0 Å². The number of nitrogens with one attached hydrogen (secondary N) is 1. The first kappa shape index (κ1) is 14.4. The Balaban J connectivity index is 2.24. The Hall–Kier alpha value is -1.04. The molecule has 0 spiro atoms. The highest BCUT2D eigenvalue weighted by atomic mass is 16.5. The first-order valence-electron chi connectivity index (χ1n) is 6.93. The molecular formula is C14H23N3O2. The van der Waals surface area contributed by atoms with Gasteiger partial charge in [0.15, 0.2) is 0 Å². The molecule has 0 amide bonds. The molecule has 1 unspecified atom stereocenters. The van der Waals surface area contributed by atoms with E-state index in [4.69, 9.17) is 9.47 Å². The zero-order chi connectivity index (χ0) is 13.6. The summed E-state index contributed by atoms with van der Waals surface area (Å²) < 4.78 is 11.4. The molecular weight excluding hydrogens is 242 g/mol. The van der Waals surface area contributed by atoms with Gasteiger partial charge in [0.25, 0.3) is 0 Å². The van der Waals surface area contributed by atoms with Crippen molar-refractivity contribution in [3.63, 3.8) is 0 Å². The molecule has 0 aliphatic carbocycles. The first-order chi connectivity index (χ1) is 9.32. The van der Waals surface area contributed by atoms with Crippen LogP contribution in [0.25, 0.3) is 0 Å². The molecule has 19 heavy (non-hydrogen) atoms. The highest BCUT2D eigenvalue weighted by Gasteiger charge is 2.41. The molecule has 0 saturated carbocycles. The number of hydrogen-bond donors (Lipinski definition) is 1. The normalized spacial score (nSPS) is 20.1. The number of aromatic nitrogens is 2. The van der Waals surface area contributed by atoms with Gasteiger partial charge >= 0.3 is 0 Å². The molecule has 1 atom stereocenters. The average molecular weight is 265 g/mol. The van der Waals surface area contributed by atoms with Crippen molar-refractivity contribution in [1.29, 1.82) is 0 Å². The fraction of sp³-hybridized carbons (Fsp3) is 0.714. The van der Waals surface area contributed by atoms with E-state index in [-0.39, 0.29) is 11.6 Å². The molecule has 1 fully saturated rings. The van der Waals surface area contributed by atoms with Crippen LogP contribution in [0.1, 0.15) is 37.8 Å². The maximum Gasteiger partial charge on any atom is 0.115 e. The van der Waals surface area contributed by atoms with Crippen LogP contribution in [-0.4, -0.2) is 42.4 Å². The summed E-state index contributed by atoms with van der Waals surface area (Å²) in [6.07, 6.45) is 8.16. The van der Waals surface area contributed by atoms with E-state index in [0.29, 0.717) is 0 Å². The van der Waals surface area contributed by atoms with Crippen LogP contribution >= 0.6 is 0 Å². The first-order valence-corrected chi connectivity index (χ1v) is 6.93. The summed E-state index contributed by atoms with van der Waals surface area (Å²) in [7, 11) is 1.79. The van der Waals surface area contributed by atoms with Crippen LogP contribution in [-0.2, 0) is 9.47 Å². The van der Waals surface area contributed by atoms with Gasteiger partial charge in [0.2, 0.25) is 0 Å². The van der Waals surface area contributed by atoms with Crippen molar-refractivity contribution in [2.24, 2.45) is 0 Å². The second-order valence-electron chi connectivity index (χ2n) is 4.94. The predicted octanol–water partition coefficient (Wildman–Crippen LogP) is 1.71. The summed E-state index contributed by atoms with van der Waals surface area (Å²) in [6, 6.07) is 0.113. The van der Waals surface area contributed by atoms with Crippen molar-refractivity contribution in [2.45, 2.75) is 37.8 Å². The van der Waals surface area contributed by atoms with Gasteiger partial charge in [-0.2, -0.15) is 0 Å². The second-order valence-corrected chi connectivity index (χ2v) is 4.94. The number of ether oxygens (including phenoxy) is 2. The predicted molar refractivity (Wildman–Crippen MR) is 72.9 cm³/mol. The van der Waals surface area contributed by atoms with Gasteiger partial charge < -0.3 is 14.8 Å². The van der Waals surface area contributed by atoms with Gasteiger partial charge in [0.1, 0.15) is 6.33 Å².